The molecule has 1 aromatic carbocycles. The molecule has 0 bridgehead atoms. The normalized spacial score (nSPS) is 12.0. The number of nitrogens with one attached hydrogen (secondary N) is 1. The Morgan fingerprint density at radius 1 is 1.32 bits per heavy atom. The molecule has 1 N–H and O–H groups in total. The number of unbranched alkanes of at least 4 members (excludes halogenated alkanes) is 1. The van der Waals surface area contributed by atoms with Gasteiger partial charge in [-0.15, -0.1) is 0 Å². The van der Waals surface area contributed by atoms with Crippen LogP contribution in [0.5, 0.6) is 5.75 Å². The Morgan fingerprint density at radius 2 is 2.09 bits per heavy atom. The number of carbonyl (C=O) groups is 1. The third kappa shape index (κ3) is 6.50. The van der Waals surface area contributed by atoms with Crippen LogP contribution in [0.3, 0.4) is 0 Å². The molecule has 3 nitrogen and oxygen atoms in total. The lowest BCUT2D eigenvalue weighted by Gasteiger charge is -2.15. The first-order chi connectivity index (χ1) is 10.6. The van der Waals surface area contributed by atoms with E-state index in [9.17, 15) is 4.79 Å². The Hall–Kier alpha value is -1.51. The van der Waals surface area contributed by atoms with Crippen LogP contribution in [0.4, 0.5) is 0 Å². The van der Waals surface area contributed by atoms with Crippen LogP contribution in [-0.4, -0.2) is 19.6 Å². The zero-order valence-electron chi connectivity index (χ0n) is 14.6. The maximum absolute atomic E-state index is 12.0. The first kappa shape index (κ1) is 18.5. The third-order valence-corrected chi connectivity index (χ3v) is 4.23. The van der Waals surface area contributed by atoms with Gasteiger partial charge < -0.3 is 10.1 Å². The molecule has 0 radical (unpaired) electrons. The largest absolute Gasteiger partial charge is 0.496 e. The summed E-state index contributed by atoms with van der Waals surface area (Å²) in [6.45, 7) is 7.26. The Balaban J connectivity index is 2.35. The van der Waals surface area contributed by atoms with Crippen LogP contribution in [-0.2, 0) is 11.2 Å². The zero-order chi connectivity index (χ0) is 16.4. The van der Waals surface area contributed by atoms with E-state index in [1.165, 1.54) is 24.8 Å². The van der Waals surface area contributed by atoms with Gasteiger partial charge in [-0.1, -0.05) is 45.2 Å². The number of rotatable bonds is 10. The summed E-state index contributed by atoms with van der Waals surface area (Å²) in [6, 6.07) is 6.11. The first-order valence-electron chi connectivity index (χ1n) is 8.50. The van der Waals surface area contributed by atoms with E-state index in [0.717, 1.165) is 30.7 Å². The molecular weight excluding hydrogens is 274 g/mol. The second-order valence-corrected chi connectivity index (χ2v) is 6.02. The van der Waals surface area contributed by atoms with E-state index >= 15 is 0 Å². The Morgan fingerprint density at radius 3 is 2.68 bits per heavy atom. The van der Waals surface area contributed by atoms with E-state index in [1.54, 1.807) is 7.11 Å². The smallest absolute Gasteiger partial charge is 0.220 e. The van der Waals surface area contributed by atoms with Crippen molar-refractivity contribution in [3.05, 3.63) is 29.3 Å². The summed E-state index contributed by atoms with van der Waals surface area (Å²) in [5, 5.41) is 3.09. The molecule has 1 amide bonds. The van der Waals surface area contributed by atoms with Gasteiger partial charge in [-0.05, 0) is 42.9 Å². The second kappa shape index (κ2) is 10.3. The van der Waals surface area contributed by atoms with Crippen LogP contribution >= 0.6 is 0 Å². The van der Waals surface area contributed by atoms with Gasteiger partial charge in [0.2, 0.25) is 5.91 Å². The van der Waals surface area contributed by atoms with Crippen molar-refractivity contribution in [1.82, 2.24) is 5.32 Å². The average molecular weight is 305 g/mol. The fourth-order valence-corrected chi connectivity index (χ4v) is 2.64. The molecule has 0 spiro atoms. The quantitative estimate of drug-likeness (QED) is 0.701. The van der Waals surface area contributed by atoms with Crippen molar-refractivity contribution < 1.29 is 9.53 Å². The topological polar surface area (TPSA) is 38.3 Å². The highest BCUT2D eigenvalue weighted by atomic mass is 16.5. The van der Waals surface area contributed by atoms with Crippen molar-refractivity contribution in [3.8, 4) is 5.75 Å². The molecule has 0 aliphatic carbocycles. The third-order valence-electron chi connectivity index (χ3n) is 4.23. The summed E-state index contributed by atoms with van der Waals surface area (Å²) in [5.74, 6) is 1.67. The molecule has 124 valence electrons. The molecule has 1 unspecified atom stereocenters. The molecule has 1 rings (SSSR count). The van der Waals surface area contributed by atoms with Crippen molar-refractivity contribution in [3.63, 3.8) is 0 Å². The molecular formula is C19H31NO2. The lowest BCUT2D eigenvalue weighted by atomic mass is 9.99. The van der Waals surface area contributed by atoms with E-state index < -0.39 is 0 Å². The Kier molecular flexibility index (Phi) is 8.64. The molecule has 0 fully saturated rings. The number of methoxy groups -OCH3 is 1. The summed E-state index contributed by atoms with van der Waals surface area (Å²) < 4.78 is 5.26. The van der Waals surface area contributed by atoms with Crippen molar-refractivity contribution >= 4 is 5.91 Å². The highest BCUT2D eigenvalue weighted by Crippen LogP contribution is 2.19. The van der Waals surface area contributed by atoms with Crippen LogP contribution < -0.4 is 10.1 Å². The van der Waals surface area contributed by atoms with Crippen molar-refractivity contribution in [2.45, 2.75) is 59.3 Å². The van der Waals surface area contributed by atoms with Gasteiger partial charge in [-0.25, -0.2) is 0 Å². The van der Waals surface area contributed by atoms with Crippen molar-refractivity contribution in [1.29, 1.82) is 0 Å². The van der Waals surface area contributed by atoms with Gasteiger partial charge in [-0.3, -0.25) is 4.79 Å². The van der Waals surface area contributed by atoms with Crippen LogP contribution in [0.2, 0.25) is 0 Å². The van der Waals surface area contributed by atoms with Gasteiger partial charge in [0, 0.05) is 13.0 Å². The molecule has 0 saturated carbocycles. The van der Waals surface area contributed by atoms with Crippen LogP contribution in [0.25, 0.3) is 0 Å². The van der Waals surface area contributed by atoms with Crippen LogP contribution in [0, 0.1) is 12.8 Å². The number of ether oxygens (including phenoxy) is 1. The fraction of sp³-hybridized carbons (Fsp3) is 0.632. The molecule has 0 aromatic heterocycles. The van der Waals surface area contributed by atoms with E-state index in [-0.39, 0.29) is 5.91 Å². The Bertz CT molecular complexity index is 457. The number of aryl methyl sites for hydroxylation is 2. The monoisotopic (exact) mass is 305 g/mol. The van der Waals surface area contributed by atoms with Gasteiger partial charge in [0.05, 0.1) is 7.11 Å². The van der Waals surface area contributed by atoms with Gasteiger partial charge in [0.15, 0.2) is 0 Å². The number of amides is 1. The van der Waals surface area contributed by atoms with E-state index in [1.807, 2.05) is 19.1 Å². The fourth-order valence-electron chi connectivity index (χ4n) is 2.64. The lowest BCUT2D eigenvalue weighted by Crippen LogP contribution is -2.29. The first-order valence-corrected chi connectivity index (χ1v) is 8.50. The molecule has 0 aliphatic heterocycles. The molecule has 0 aliphatic rings. The summed E-state index contributed by atoms with van der Waals surface area (Å²) >= 11 is 0. The number of hydrogen-bond acceptors (Lipinski definition) is 2. The lowest BCUT2D eigenvalue weighted by molar-refractivity contribution is -0.121. The highest BCUT2D eigenvalue weighted by molar-refractivity contribution is 5.76. The van der Waals surface area contributed by atoms with Crippen LogP contribution in [0.1, 0.15) is 57.1 Å². The molecule has 1 atom stereocenters. The minimum Gasteiger partial charge on any atom is -0.496 e. The van der Waals surface area contributed by atoms with E-state index in [4.69, 9.17) is 4.74 Å². The molecule has 1 aromatic rings. The highest BCUT2D eigenvalue weighted by Gasteiger charge is 2.09. The summed E-state index contributed by atoms with van der Waals surface area (Å²) in [4.78, 5) is 12.0. The number of benzene rings is 1. The predicted octanol–water partition coefficient (Wildman–Crippen LogP) is 4.27. The maximum atomic E-state index is 12.0. The van der Waals surface area contributed by atoms with Gasteiger partial charge >= 0.3 is 0 Å². The molecule has 3 heteroatoms. The number of carbonyl (C=O) groups excluding carboxylic acids is 1. The zero-order valence-corrected chi connectivity index (χ0v) is 14.6. The molecule has 22 heavy (non-hydrogen) atoms. The van der Waals surface area contributed by atoms with Gasteiger partial charge in [-0.2, -0.15) is 0 Å². The maximum Gasteiger partial charge on any atom is 0.220 e. The number of hydrogen-bond donors (Lipinski definition) is 1. The summed E-state index contributed by atoms with van der Waals surface area (Å²) in [6.07, 6.45) is 6.15. The Labute approximate surface area is 135 Å². The minimum absolute atomic E-state index is 0.156. The molecule has 0 saturated heterocycles. The van der Waals surface area contributed by atoms with Gasteiger partial charge in [0.1, 0.15) is 5.75 Å². The standard InChI is InChI=1S/C19H31NO2/c1-5-7-8-16(6-2)14-20-19(21)12-10-17-9-11-18(22-4)15(3)13-17/h9,11,13,16H,5-8,10,12,14H2,1-4H3,(H,20,21). The second-order valence-electron chi connectivity index (χ2n) is 6.02. The minimum atomic E-state index is 0.156. The van der Waals surface area contributed by atoms with Crippen molar-refractivity contribution in [2.24, 2.45) is 5.92 Å². The predicted molar refractivity (Wildman–Crippen MR) is 92.4 cm³/mol. The summed E-state index contributed by atoms with van der Waals surface area (Å²) in [7, 11) is 1.68. The average Bonchev–Trinajstić information content (AvgIpc) is 2.53. The van der Waals surface area contributed by atoms with E-state index in [2.05, 4.69) is 25.2 Å². The van der Waals surface area contributed by atoms with Crippen molar-refractivity contribution in [2.75, 3.05) is 13.7 Å². The van der Waals surface area contributed by atoms with Gasteiger partial charge in [0.25, 0.3) is 0 Å². The summed E-state index contributed by atoms with van der Waals surface area (Å²) in [5.41, 5.74) is 2.30. The molecule has 0 heterocycles. The SMILES string of the molecule is CCCCC(CC)CNC(=O)CCc1ccc(OC)c(C)c1. The van der Waals surface area contributed by atoms with Crippen LogP contribution in [0.15, 0.2) is 18.2 Å². The van der Waals surface area contributed by atoms with E-state index in [0.29, 0.717) is 12.3 Å².